The van der Waals surface area contributed by atoms with Gasteiger partial charge >= 0.3 is 0 Å². The molecule has 1 fully saturated rings. The Hall–Kier alpha value is -1.71. The number of thiophene rings is 1. The van der Waals surface area contributed by atoms with Crippen LogP contribution in [0.15, 0.2) is 28.5 Å². The molecule has 3 heterocycles. The Morgan fingerprint density at radius 2 is 2.00 bits per heavy atom. The number of piperidine rings is 1. The van der Waals surface area contributed by atoms with Gasteiger partial charge in [0.25, 0.3) is 10.0 Å². The maximum Gasteiger partial charge on any atom is 0.252 e. The molecule has 0 aromatic carbocycles. The van der Waals surface area contributed by atoms with E-state index in [1.165, 1.54) is 22.8 Å². The minimum atomic E-state index is -3.47. The molecule has 3 rings (SSSR count). The average Bonchev–Trinajstić information content (AvgIpc) is 3.13. The van der Waals surface area contributed by atoms with Crippen molar-refractivity contribution in [3.63, 3.8) is 0 Å². The van der Waals surface area contributed by atoms with E-state index in [2.05, 4.69) is 10.2 Å². The number of hydrogen-bond donors (Lipinski definition) is 0. The van der Waals surface area contributed by atoms with E-state index in [4.69, 9.17) is 9.47 Å². The molecule has 0 radical (unpaired) electrons. The lowest BCUT2D eigenvalue weighted by atomic mass is 10.1. The fourth-order valence-corrected chi connectivity index (χ4v) is 5.64. The molecule has 25 heavy (non-hydrogen) atoms. The molecule has 1 aliphatic heterocycles. The van der Waals surface area contributed by atoms with Gasteiger partial charge in [0.1, 0.15) is 10.3 Å². The SMILES string of the molecule is CCc1ccc(S(=O)(=O)N2CCCC(Oc3ccc(OC)nn3)C2)s1. The zero-order chi connectivity index (χ0) is 17.9. The standard InChI is InChI=1S/C16H21N3O4S2/c1-3-13-6-9-16(24-13)25(20,21)19-10-4-5-12(11-19)23-15-8-7-14(22-2)17-18-15/h6-9,12H,3-5,10-11H2,1-2H3. The second-order valence-electron chi connectivity index (χ2n) is 5.73. The molecule has 0 spiro atoms. The van der Waals surface area contributed by atoms with Gasteiger partial charge in [0.2, 0.25) is 11.8 Å². The highest BCUT2D eigenvalue weighted by atomic mass is 32.2. The van der Waals surface area contributed by atoms with Crippen molar-refractivity contribution >= 4 is 21.4 Å². The molecule has 9 heteroatoms. The molecular weight excluding hydrogens is 362 g/mol. The maximum atomic E-state index is 12.8. The molecule has 1 saturated heterocycles. The molecule has 2 aromatic rings. The summed E-state index contributed by atoms with van der Waals surface area (Å²) in [6, 6.07) is 6.91. The highest BCUT2D eigenvalue weighted by Gasteiger charge is 2.32. The molecule has 1 atom stereocenters. The Balaban J connectivity index is 1.69. The Bertz CT molecular complexity index is 805. The van der Waals surface area contributed by atoms with E-state index in [0.29, 0.717) is 29.1 Å². The lowest BCUT2D eigenvalue weighted by Gasteiger charge is -2.31. The van der Waals surface area contributed by atoms with Crippen molar-refractivity contribution in [1.29, 1.82) is 0 Å². The zero-order valence-corrected chi connectivity index (χ0v) is 15.8. The highest BCUT2D eigenvalue weighted by molar-refractivity contribution is 7.91. The lowest BCUT2D eigenvalue weighted by molar-refractivity contribution is 0.123. The van der Waals surface area contributed by atoms with Gasteiger partial charge in [-0.25, -0.2) is 8.42 Å². The molecule has 0 aliphatic carbocycles. The molecular formula is C16H21N3O4S2. The van der Waals surface area contributed by atoms with Crippen LogP contribution >= 0.6 is 11.3 Å². The van der Waals surface area contributed by atoms with Crippen molar-refractivity contribution in [1.82, 2.24) is 14.5 Å². The summed E-state index contributed by atoms with van der Waals surface area (Å²) in [5.41, 5.74) is 0. The number of aromatic nitrogens is 2. The summed E-state index contributed by atoms with van der Waals surface area (Å²) in [7, 11) is -1.95. The third-order valence-corrected chi connectivity index (χ3v) is 7.59. The number of nitrogens with zero attached hydrogens (tertiary/aromatic N) is 3. The predicted octanol–water partition coefficient (Wildman–Crippen LogP) is 2.34. The summed E-state index contributed by atoms with van der Waals surface area (Å²) < 4.78 is 38.3. The van der Waals surface area contributed by atoms with Gasteiger partial charge in [-0.15, -0.1) is 21.5 Å². The van der Waals surface area contributed by atoms with Crippen molar-refractivity contribution in [2.45, 2.75) is 36.5 Å². The van der Waals surface area contributed by atoms with E-state index in [0.717, 1.165) is 24.1 Å². The number of methoxy groups -OCH3 is 1. The van der Waals surface area contributed by atoms with E-state index in [-0.39, 0.29) is 6.10 Å². The van der Waals surface area contributed by atoms with E-state index in [1.54, 1.807) is 18.2 Å². The van der Waals surface area contributed by atoms with Gasteiger partial charge < -0.3 is 9.47 Å². The zero-order valence-electron chi connectivity index (χ0n) is 14.2. The molecule has 0 amide bonds. The van der Waals surface area contributed by atoms with E-state index in [1.807, 2.05) is 13.0 Å². The molecule has 0 saturated carbocycles. The molecule has 1 unspecified atom stereocenters. The van der Waals surface area contributed by atoms with Crippen molar-refractivity contribution < 1.29 is 17.9 Å². The van der Waals surface area contributed by atoms with Gasteiger partial charge in [-0.1, -0.05) is 6.92 Å². The van der Waals surface area contributed by atoms with Crippen LogP contribution in [0.25, 0.3) is 0 Å². The fraction of sp³-hybridized carbons (Fsp3) is 0.500. The summed E-state index contributed by atoms with van der Waals surface area (Å²) in [4.78, 5) is 1.07. The second kappa shape index (κ2) is 7.67. The van der Waals surface area contributed by atoms with Gasteiger partial charge in [0, 0.05) is 23.6 Å². The summed E-state index contributed by atoms with van der Waals surface area (Å²) in [6.45, 7) is 2.84. The average molecular weight is 383 g/mol. The fourth-order valence-electron chi connectivity index (χ4n) is 2.68. The largest absolute Gasteiger partial charge is 0.480 e. The predicted molar refractivity (Wildman–Crippen MR) is 94.7 cm³/mol. The number of ether oxygens (including phenoxy) is 2. The molecule has 0 bridgehead atoms. The molecule has 136 valence electrons. The first kappa shape index (κ1) is 18.1. The minimum absolute atomic E-state index is 0.239. The van der Waals surface area contributed by atoms with E-state index >= 15 is 0 Å². The van der Waals surface area contributed by atoms with Gasteiger partial charge in [-0.2, -0.15) is 4.31 Å². The third-order valence-electron chi connectivity index (χ3n) is 4.03. The first-order valence-electron chi connectivity index (χ1n) is 8.16. The Kier molecular flexibility index (Phi) is 5.55. The number of rotatable bonds is 6. The van der Waals surface area contributed by atoms with Crippen molar-refractivity contribution in [3.8, 4) is 11.8 Å². The van der Waals surface area contributed by atoms with Crippen LogP contribution in [0.1, 0.15) is 24.6 Å². The van der Waals surface area contributed by atoms with Crippen LogP contribution < -0.4 is 9.47 Å². The third kappa shape index (κ3) is 4.10. The number of hydrogen-bond acceptors (Lipinski definition) is 7. The maximum absolute atomic E-state index is 12.8. The van der Waals surface area contributed by atoms with Crippen LogP contribution in [0.4, 0.5) is 0 Å². The van der Waals surface area contributed by atoms with Crippen LogP contribution in [-0.4, -0.2) is 49.2 Å². The molecule has 0 N–H and O–H groups in total. The monoisotopic (exact) mass is 383 g/mol. The summed E-state index contributed by atoms with van der Waals surface area (Å²) in [6.07, 6.45) is 2.13. The van der Waals surface area contributed by atoms with E-state index in [9.17, 15) is 8.42 Å². The van der Waals surface area contributed by atoms with Gasteiger partial charge in [0.05, 0.1) is 13.7 Å². The Morgan fingerprint density at radius 1 is 1.24 bits per heavy atom. The van der Waals surface area contributed by atoms with Gasteiger partial charge in [-0.3, -0.25) is 0 Å². The van der Waals surface area contributed by atoms with Crippen LogP contribution in [0.2, 0.25) is 0 Å². The summed E-state index contributed by atoms with van der Waals surface area (Å²) in [5.74, 6) is 0.777. The van der Waals surface area contributed by atoms with Crippen LogP contribution in [-0.2, 0) is 16.4 Å². The van der Waals surface area contributed by atoms with Crippen LogP contribution in [0.3, 0.4) is 0 Å². The second-order valence-corrected chi connectivity index (χ2v) is 9.07. The Morgan fingerprint density at radius 3 is 2.64 bits per heavy atom. The first-order chi connectivity index (χ1) is 12.0. The topological polar surface area (TPSA) is 81.6 Å². The van der Waals surface area contributed by atoms with Gasteiger partial charge in [0.15, 0.2) is 0 Å². The highest BCUT2D eigenvalue weighted by Crippen LogP contribution is 2.28. The summed E-state index contributed by atoms with van der Waals surface area (Å²) >= 11 is 1.34. The van der Waals surface area contributed by atoms with Crippen molar-refractivity contribution in [3.05, 3.63) is 29.1 Å². The van der Waals surface area contributed by atoms with Crippen LogP contribution in [0, 0.1) is 0 Å². The first-order valence-corrected chi connectivity index (χ1v) is 10.4. The smallest absolute Gasteiger partial charge is 0.252 e. The molecule has 7 nitrogen and oxygen atoms in total. The van der Waals surface area contributed by atoms with E-state index < -0.39 is 10.0 Å². The quantitative estimate of drug-likeness (QED) is 0.762. The number of sulfonamides is 1. The number of aryl methyl sites for hydroxylation is 1. The van der Waals surface area contributed by atoms with Crippen LogP contribution in [0.5, 0.6) is 11.8 Å². The van der Waals surface area contributed by atoms with Crippen molar-refractivity contribution in [2.24, 2.45) is 0 Å². The summed E-state index contributed by atoms with van der Waals surface area (Å²) in [5, 5.41) is 7.80. The van der Waals surface area contributed by atoms with Gasteiger partial charge in [-0.05, 0) is 31.4 Å². The minimum Gasteiger partial charge on any atom is -0.480 e. The molecule has 1 aliphatic rings. The Labute approximate surface area is 151 Å². The normalized spacial score (nSPS) is 18.9. The molecule has 2 aromatic heterocycles. The lowest BCUT2D eigenvalue weighted by Crippen LogP contribution is -2.44. The van der Waals surface area contributed by atoms with Crippen molar-refractivity contribution in [2.75, 3.05) is 20.2 Å².